The molecule has 118 valence electrons. The van der Waals surface area contributed by atoms with Gasteiger partial charge in [0, 0.05) is 6.07 Å². The van der Waals surface area contributed by atoms with Gasteiger partial charge in [0.2, 0.25) is 0 Å². The minimum Gasteiger partial charge on any atom is -0.497 e. The molecule has 1 rings (SSSR count). The molecular weight excluding hydrogens is 270 g/mol. The van der Waals surface area contributed by atoms with Crippen molar-refractivity contribution in [2.24, 2.45) is 0 Å². The van der Waals surface area contributed by atoms with Crippen molar-refractivity contribution < 1.29 is 19.0 Å². The number of hydrogen-bond donors (Lipinski definition) is 1. The van der Waals surface area contributed by atoms with E-state index in [9.17, 15) is 4.79 Å². The number of rotatable bonds is 9. The van der Waals surface area contributed by atoms with Gasteiger partial charge in [-0.15, -0.1) is 0 Å². The maximum Gasteiger partial charge on any atom is 0.325 e. The van der Waals surface area contributed by atoms with E-state index in [1.165, 1.54) is 7.11 Å². The Labute approximate surface area is 126 Å². The average Bonchev–Trinajstić information content (AvgIpc) is 2.53. The van der Waals surface area contributed by atoms with Gasteiger partial charge in [0.05, 0.1) is 20.8 Å². The number of esters is 1. The fourth-order valence-corrected chi connectivity index (χ4v) is 2.02. The highest BCUT2D eigenvalue weighted by atomic mass is 16.5. The molecule has 0 bridgehead atoms. The van der Waals surface area contributed by atoms with Gasteiger partial charge >= 0.3 is 5.97 Å². The van der Waals surface area contributed by atoms with E-state index in [-0.39, 0.29) is 5.97 Å². The van der Waals surface area contributed by atoms with E-state index in [1.54, 1.807) is 14.2 Å². The average molecular weight is 295 g/mol. The molecule has 0 saturated heterocycles. The largest absolute Gasteiger partial charge is 0.497 e. The molecule has 1 aromatic carbocycles. The van der Waals surface area contributed by atoms with Gasteiger partial charge in [0.25, 0.3) is 0 Å². The van der Waals surface area contributed by atoms with Gasteiger partial charge in [0.1, 0.15) is 17.0 Å². The summed E-state index contributed by atoms with van der Waals surface area (Å²) >= 11 is 0. The third-order valence-electron chi connectivity index (χ3n) is 3.57. The number of nitrogens with one attached hydrogen (secondary N) is 1. The first-order valence-corrected chi connectivity index (χ1v) is 7.10. The number of benzene rings is 1. The summed E-state index contributed by atoms with van der Waals surface area (Å²) in [5, 5.41) is 3.02. The molecule has 0 aromatic heterocycles. The Morgan fingerprint density at radius 3 is 2.57 bits per heavy atom. The highest BCUT2D eigenvalue weighted by molar-refractivity contribution is 5.80. The molecule has 1 atom stereocenters. The summed E-state index contributed by atoms with van der Waals surface area (Å²) < 4.78 is 15.6. The van der Waals surface area contributed by atoms with Crippen LogP contribution in [-0.2, 0) is 9.53 Å². The van der Waals surface area contributed by atoms with Gasteiger partial charge in [0.15, 0.2) is 0 Å². The molecule has 0 aliphatic carbocycles. The second-order valence-corrected chi connectivity index (χ2v) is 5.06. The molecule has 1 aromatic rings. The smallest absolute Gasteiger partial charge is 0.325 e. The molecule has 1 N–H and O–H groups in total. The van der Waals surface area contributed by atoms with Gasteiger partial charge in [-0.1, -0.05) is 6.07 Å². The first kappa shape index (κ1) is 17.3. The zero-order chi connectivity index (χ0) is 15.7. The zero-order valence-corrected chi connectivity index (χ0v) is 13.3. The van der Waals surface area contributed by atoms with Crippen LogP contribution in [0.4, 0.5) is 0 Å². The molecule has 5 heteroatoms. The van der Waals surface area contributed by atoms with Crippen molar-refractivity contribution in [3.63, 3.8) is 0 Å². The van der Waals surface area contributed by atoms with Crippen LogP contribution in [-0.4, -0.2) is 39.4 Å². The predicted molar refractivity (Wildman–Crippen MR) is 81.8 cm³/mol. The first-order valence-electron chi connectivity index (χ1n) is 7.10. The third kappa shape index (κ3) is 5.27. The lowest BCUT2D eigenvalue weighted by Gasteiger charge is -2.25. The van der Waals surface area contributed by atoms with E-state index in [4.69, 9.17) is 14.2 Å². The Balaban J connectivity index is 2.32. The Morgan fingerprint density at radius 1 is 1.24 bits per heavy atom. The van der Waals surface area contributed by atoms with Crippen molar-refractivity contribution in [3.05, 3.63) is 24.3 Å². The molecule has 0 saturated carbocycles. The van der Waals surface area contributed by atoms with Crippen LogP contribution in [0.15, 0.2) is 24.3 Å². The van der Waals surface area contributed by atoms with Crippen LogP contribution in [0.1, 0.15) is 26.2 Å². The SMILES string of the molecule is CNC(C)(CCCCOc1cccc(OC)c1)C(=O)OC. The van der Waals surface area contributed by atoms with Crippen LogP contribution in [0.3, 0.4) is 0 Å². The Morgan fingerprint density at radius 2 is 1.95 bits per heavy atom. The molecule has 0 aliphatic rings. The quantitative estimate of drug-likeness (QED) is 0.560. The number of ether oxygens (including phenoxy) is 3. The maximum atomic E-state index is 11.7. The molecule has 0 aliphatic heterocycles. The normalized spacial score (nSPS) is 13.3. The standard InChI is InChI=1S/C16H25NO4/c1-16(17-2,15(18)20-4)10-5-6-11-21-14-9-7-8-13(12-14)19-3/h7-9,12,17H,5-6,10-11H2,1-4H3. The Hall–Kier alpha value is -1.75. The van der Waals surface area contributed by atoms with E-state index >= 15 is 0 Å². The lowest BCUT2D eigenvalue weighted by Crippen LogP contribution is -2.48. The van der Waals surface area contributed by atoms with Crippen molar-refractivity contribution in [2.45, 2.75) is 31.7 Å². The topological polar surface area (TPSA) is 56.8 Å². The molecular formula is C16H25NO4. The zero-order valence-electron chi connectivity index (χ0n) is 13.3. The van der Waals surface area contributed by atoms with Crippen LogP contribution in [0, 0.1) is 0 Å². The summed E-state index contributed by atoms with van der Waals surface area (Å²) in [7, 11) is 4.80. The van der Waals surface area contributed by atoms with E-state index in [1.807, 2.05) is 31.2 Å². The lowest BCUT2D eigenvalue weighted by atomic mass is 9.95. The van der Waals surface area contributed by atoms with Crippen molar-refractivity contribution >= 4 is 5.97 Å². The summed E-state index contributed by atoms with van der Waals surface area (Å²) in [6, 6.07) is 7.52. The summed E-state index contributed by atoms with van der Waals surface area (Å²) in [4.78, 5) is 11.7. The van der Waals surface area contributed by atoms with Gasteiger partial charge in [-0.2, -0.15) is 0 Å². The fraction of sp³-hybridized carbons (Fsp3) is 0.562. The number of hydrogen-bond acceptors (Lipinski definition) is 5. The van der Waals surface area contributed by atoms with E-state index < -0.39 is 5.54 Å². The van der Waals surface area contributed by atoms with Crippen molar-refractivity contribution in [2.75, 3.05) is 27.9 Å². The minimum atomic E-state index is -0.634. The summed E-state index contributed by atoms with van der Waals surface area (Å²) in [6.45, 7) is 2.45. The molecule has 5 nitrogen and oxygen atoms in total. The summed E-state index contributed by atoms with van der Waals surface area (Å²) in [5.74, 6) is 1.33. The Kier molecular flexibility index (Phi) is 7.02. The van der Waals surface area contributed by atoms with E-state index in [2.05, 4.69) is 5.32 Å². The monoisotopic (exact) mass is 295 g/mol. The second kappa shape index (κ2) is 8.52. The number of carbonyl (C=O) groups excluding carboxylic acids is 1. The molecule has 0 spiro atoms. The van der Waals surface area contributed by atoms with E-state index in [0.29, 0.717) is 13.0 Å². The van der Waals surface area contributed by atoms with Crippen LogP contribution in [0.2, 0.25) is 0 Å². The Bertz CT molecular complexity index is 450. The molecule has 0 fully saturated rings. The van der Waals surface area contributed by atoms with Gasteiger partial charge in [-0.3, -0.25) is 4.79 Å². The number of likely N-dealkylation sites (N-methyl/N-ethyl adjacent to an activating group) is 1. The number of carbonyl (C=O) groups is 1. The molecule has 0 heterocycles. The van der Waals surface area contributed by atoms with Crippen LogP contribution < -0.4 is 14.8 Å². The highest BCUT2D eigenvalue weighted by Gasteiger charge is 2.31. The fourth-order valence-electron chi connectivity index (χ4n) is 2.02. The van der Waals surface area contributed by atoms with Crippen molar-refractivity contribution in [3.8, 4) is 11.5 Å². The highest BCUT2D eigenvalue weighted by Crippen LogP contribution is 2.20. The minimum absolute atomic E-state index is 0.237. The van der Waals surface area contributed by atoms with Gasteiger partial charge in [-0.05, 0) is 45.4 Å². The summed E-state index contributed by atoms with van der Waals surface area (Å²) in [5.41, 5.74) is -0.634. The predicted octanol–water partition coefficient (Wildman–Crippen LogP) is 2.40. The maximum absolute atomic E-state index is 11.7. The second-order valence-electron chi connectivity index (χ2n) is 5.06. The number of unbranched alkanes of at least 4 members (excludes halogenated alkanes) is 1. The summed E-state index contributed by atoms with van der Waals surface area (Å²) in [6.07, 6.45) is 2.44. The van der Waals surface area contributed by atoms with E-state index in [0.717, 1.165) is 24.3 Å². The molecule has 0 amide bonds. The molecule has 0 radical (unpaired) electrons. The van der Waals surface area contributed by atoms with Crippen molar-refractivity contribution in [1.82, 2.24) is 5.32 Å². The van der Waals surface area contributed by atoms with Crippen LogP contribution in [0.25, 0.3) is 0 Å². The van der Waals surface area contributed by atoms with Crippen molar-refractivity contribution in [1.29, 1.82) is 0 Å². The third-order valence-corrected chi connectivity index (χ3v) is 3.57. The number of methoxy groups -OCH3 is 2. The van der Waals surface area contributed by atoms with Crippen LogP contribution >= 0.6 is 0 Å². The van der Waals surface area contributed by atoms with Gasteiger partial charge < -0.3 is 19.5 Å². The molecule has 21 heavy (non-hydrogen) atoms. The first-order chi connectivity index (χ1) is 10.1. The van der Waals surface area contributed by atoms with Gasteiger partial charge in [-0.25, -0.2) is 0 Å². The lowest BCUT2D eigenvalue weighted by molar-refractivity contribution is -0.148. The molecule has 1 unspecified atom stereocenters. The van der Waals surface area contributed by atoms with Crippen LogP contribution in [0.5, 0.6) is 11.5 Å².